The molecule has 0 radical (unpaired) electrons. The second-order valence-electron chi connectivity index (χ2n) is 10.7. The Balaban J connectivity index is 1.41. The van der Waals surface area contributed by atoms with Crippen molar-refractivity contribution in [2.24, 2.45) is 0 Å². The Morgan fingerprint density at radius 3 is 2.24 bits per heavy atom. The summed E-state index contributed by atoms with van der Waals surface area (Å²) in [6.45, 7) is 14.5. The minimum Gasteiger partial charge on any atom is -0.496 e. The minimum absolute atomic E-state index is 0.150. The summed E-state index contributed by atoms with van der Waals surface area (Å²) < 4.78 is 5.68. The van der Waals surface area contributed by atoms with Crippen LogP contribution in [0.25, 0.3) is 11.1 Å². The number of nitrogens with zero attached hydrogens (tertiary/aromatic N) is 1. The van der Waals surface area contributed by atoms with Gasteiger partial charge in [-0.05, 0) is 90.6 Å². The van der Waals surface area contributed by atoms with Crippen molar-refractivity contribution in [2.75, 3.05) is 20.2 Å². The molecule has 4 rings (SSSR count). The molecule has 0 aliphatic carbocycles. The van der Waals surface area contributed by atoms with Crippen LogP contribution in [0.3, 0.4) is 0 Å². The van der Waals surface area contributed by atoms with E-state index in [1.807, 2.05) is 0 Å². The van der Waals surface area contributed by atoms with E-state index in [9.17, 15) is 0 Å². The fourth-order valence-electron chi connectivity index (χ4n) is 5.03. The van der Waals surface area contributed by atoms with Crippen LogP contribution in [0.1, 0.15) is 67.3 Å². The monoisotopic (exact) mass is 441 g/mol. The van der Waals surface area contributed by atoms with Crippen molar-refractivity contribution in [3.05, 3.63) is 88.5 Å². The molecule has 1 fully saturated rings. The third-order valence-corrected chi connectivity index (χ3v) is 7.43. The Bertz CT molecular complexity index is 1080. The van der Waals surface area contributed by atoms with Gasteiger partial charge in [0.1, 0.15) is 5.75 Å². The number of ether oxygens (including phenoxy) is 1. The van der Waals surface area contributed by atoms with Gasteiger partial charge in [0, 0.05) is 12.1 Å². The molecule has 0 bridgehead atoms. The van der Waals surface area contributed by atoms with E-state index < -0.39 is 0 Å². The Morgan fingerprint density at radius 1 is 0.909 bits per heavy atom. The van der Waals surface area contributed by atoms with E-state index >= 15 is 0 Å². The highest BCUT2D eigenvalue weighted by molar-refractivity contribution is 5.68. The highest BCUT2D eigenvalue weighted by Gasteiger charge is 2.23. The molecular formula is C31H39NO. The van der Waals surface area contributed by atoms with Crippen molar-refractivity contribution >= 4 is 0 Å². The van der Waals surface area contributed by atoms with Crippen LogP contribution < -0.4 is 4.74 Å². The van der Waals surface area contributed by atoms with Gasteiger partial charge in [-0.25, -0.2) is 0 Å². The molecule has 2 nitrogen and oxygen atoms in total. The Labute approximate surface area is 200 Å². The van der Waals surface area contributed by atoms with E-state index in [1.165, 1.54) is 51.8 Å². The second kappa shape index (κ2) is 9.73. The van der Waals surface area contributed by atoms with Crippen LogP contribution in [0, 0.1) is 13.8 Å². The van der Waals surface area contributed by atoms with Crippen molar-refractivity contribution in [2.45, 2.75) is 65.3 Å². The van der Waals surface area contributed by atoms with E-state index in [1.54, 1.807) is 7.11 Å². The number of piperidine rings is 1. The number of hydrogen-bond donors (Lipinski definition) is 0. The average Bonchev–Trinajstić information content (AvgIpc) is 2.81. The molecule has 1 aliphatic heterocycles. The summed E-state index contributed by atoms with van der Waals surface area (Å²) in [5.41, 5.74) is 9.72. The second-order valence-corrected chi connectivity index (χ2v) is 10.7. The highest BCUT2D eigenvalue weighted by Crippen LogP contribution is 2.33. The molecule has 0 spiro atoms. The quantitative estimate of drug-likeness (QED) is 0.403. The predicted octanol–water partition coefficient (Wildman–Crippen LogP) is 7.66. The SMILES string of the molecule is COc1ccc(C(C)(C)C)cc1CN1CCC(c2ccc(-c3cccc(C)c3C)cc2)CC1. The van der Waals surface area contributed by atoms with Crippen LogP contribution in [0.15, 0.2) is 60.7 Å². The molecule has 1 aliphatic rings. The van der Waals surface area contributed by atoms with Crippen molar-refractivity contribution in [3.8, 4) is 16.9 Å². The third-order valence-electron chi connectivity index (χ3n) is 7.43. The van der Waals surface area contributed by atoms with Gasteiger partial charge in [0.2, 0.25) is 0 Å². The Hall–Kier alpha value is -2.58. The van der Waals surface area contributed by atoms with E-state index in [0.29, 0.717) is 5.92 Å². The smallest absolute Gasteiger partial charge is 0.123 e. The first-order valence-electron chi connectivity index (χ1n) is 12.3. The van der Waals surface area contributed by atoms with Crippen LogP contribution >= 0.6 is 0 Å². The van der Waals surface area contributed by atoms with Crippen LogP contribution in [-0.4, -0.2) is 25.1 Å². The molecule has 2 heteroatoms. The summed E-state index contributed by atoms with van der Waals surface area (Å²) >= 11 is 0. The zero-order chi connectivity index (χ0) is 23.6. The molecule has 1 saturated heterocycles. The fourth-order valence-corrected chi connectivity index (χ4v) is 5.03. The van der Waals surface area contributed by atoms with Gasteiger partial charge >= 0.3 is 0 Å². The molecule has 174 valence electrons. The third kappa shape index (κ3) is 5.33. The maximum atomic E-state index is 5.68. The topological polar surface area (TPSA) is 12.5 Å². The molecule has 1 heterocycles. The van der Waals surface area contributed by atoms with Gasteiger partial charge < -0.3 is 4.74 Å². The van der Waals surface area contributed by atoms with Gasteiger partial charge in [-0.2, -0.15) is 0 Å². The number of rotatable bonds is 5. The van der Waals surface area contributed by atoms with Gasteiger partial charge in [0.15, 0.2) is 0 Å². The van der Waals surface area contributed by atoms with Gasteiger partial charge in [-0.3, -0.25) is 4.90 Å². The summed E-state index contributed by atoms with van der Waals surface area (Å²) in [5, 5.41) is 0. The molecule has 0 atom stereocenters. The van der Waals surface area contributed by atoms with Crippen molar-refractivity contribution < 1.29 is 4.74 Å². The largest absolute Gasteiger partial charge is 0.496 e. The minimum atomic E-state index is 0.150. The lowest BCUT2D eigenvalue weighted by Gasteiger charge is -2.33. The van der Waals surface area contributed by atoms with Crippen LogP contribution in [0.5, 0.6) is 5.75 Å². The number of benzene rings is 3. The summed E-state index contributed by atoms with van der Waals surface area (Å²) in [6, 6.07) is 22.6. The van der Waals surface area contributed by atoms with Crippen molar-refractivity contribution in [1.29, 1.82) is 0 Å². The molecule has 0 saturated carbocycles. The molecular weight excluding hydrogens is 402 g/mol. The summed E-state index contributed by atoms with van der Waals surface area (Å²) in [7, 11) is 1.78. The summed E-state index contributed by atoms with van der Waals surface area (Å²) in [4.78, 5) is 2.59. The van der Waals surface area contributed by atoms with Gasteiger partial charge in [0.05, 0.1) is 7.11 Å². The summed E-state index contributed by atoms with van der Waals surface area (Å²) in [6.07, 6.45) is 2.42. The average molecular weight is 442 g/mol. The first kappa shape index (κ1) is 23.6. The van der Waals surface area contributed by atoms with E-state index in [0.717, 1.165) is 25.4 Å². The summed E-state index contributed by atoms with van der Waals surface area (Å²) in [5.74, 6) is 1.66. The first-order valence-corrected chi connectivity index (χ1v) is 12.3. The molecule has 0 amide bonds. The van der Waals surface area contributed by atoms with Gasteiger partial charge in [0.25, 0.3) is 0 Å². The highest BCUT2D eigenvalue weighted by atomic mass is 16.5. The van der Waals surface area contributed by atoms with Crippen LogP contribution in [0.4, 0.5) is 0 Å². The van der Waals surface area contributed by atoms with Crippen LogP contribution in [0.2, 0.25) is 0 Å². The molecule has 0 N–H and O–H groups in total. The lowest BCUT2D eigenvalue weighted by atomic mass is 9.85. The van der Waals surface area contributed by atoms with E-state index in [4.69, 9.17) is 4.74 Å². The normalized spacial score (nSPS) is 15.6. The number of likely N-dealkylation sites (tertiary alicyclic amines) is 1. The number of hydrogen-bond acceptors (Lipinski definition) is 2. The number of methoxy groups -OCH3 is 1. The lowest BCUT2D eigenvalue weighted by Crippen LogP contribution is -2.32. The Morgan fingerprint density at radius 2 is 1.61 bits per heavy atom. The maximum absolute atomic E-state index is 5.68. The molecule has 33 heavy (non-hydrogen) atoms. The van der Waals surface area contributed by atoms with Gasteiger partial charge in [-0.15, -0.1) is 0 Å². The molecule has 0 unspecified atom stereocenters. The lowest BCUT2D eigenvalue weighted by molar-refractivity contribution is 0.202. The van der Waals surface area contributed by atoms with Crippen molar-refractivity contribution in [1.82, 2.24) is 4.90 Å². The van der Waals surface area contributed by atoms with Crippen LogP contribution in [-0.2, 0) is 12.0 Å². The van der Waals surface area contributed by atoms with Crippen molar-refractivity contribution in [3.63, 3.8) is 0 Å². The van der Waals surface area contributed by atoms with Gasteiger partial charge in [-0.1, -0.05) is 75.4 Å². The standard InChI is InChI=1S/C31H39NO/c1-22-8-7-9-29(23(22)2)26-12-10-24(11-13-26)25-16-18-32(19-17-25)21-27-20-28(31(3,4)5)14-15-30(27)33-6/h7-15,20,25H,16-19,21H2,1-6H3. The zero-order valence-corrected chi connectivity index (χ0v) is 21.2. The molecule has 3 aromatic rings. The maximum Gasteiger partial charge on any atom is 0.123 e. The molecule has 3 aromatic carbocycles. The number of aryl methyl sites for hydroxylation is 1. The van der Waals surface area contributed by atoms with E-state index in [2.05, 4.69) is 100 Å². The van der Waals surface area contributed by atoms with E-state index in [-0.39, 0.29) is 5.41 Å². The zero-order valence-electron chi connectivity index (χ0n) is 21.2. The molecule has 0 aromatic heterocycles. The Kier molecular flexibility index (Phi) is 6.95. The predicted molar refractivity (Wildman–Crippen MR) is 140 cm³/mol. The fraction of sp³-hybridized carbons (Fsp3) is 0.419. The first-order chi connectivity index (χ1) is 15.8.